The third kappa shape index (κ3) is 17.7. The highest BCUT2D eigenvalue weighted by atomic mass is 16.7. The van der Waals surface area contributed by atoms with Gasteiger partial charge in [0.2, 0.25) is 5.91 Å². The summed E-state index contributed by atoms with van der Waals surface area (Å²) >= 11 is 0. The van der Waals surface area contributed by atoms with Crippen molar-refractivity contribution in [3.05, 3.63) is 0 Å². The molecule has 0 spiro atoms. The molecule has 1 saturated carbocycles. The number of carbonyl (C=O) groups is 5. The summed E-state index contributed by atoms with van der Waals surface area (Å²) in [6.45, 7) is 20.7. The van der Waals surface area contributed by atoms with Crippen LogP contribution in [0.4, 0.5) is 19.2 Å². The van der Waals surface area contributed by atoms with Crippen molar-refractivity contribution in [2.75, 3.05) is 26.7 Å². The summed E-state index contributed by atoms with van der Waals surface area (Å²) in [5.41, 5.74) is 0.557. The largest absolute Gasteiger partial charge is 0.444 e. The second-order valence-corrected chi connectivity index (χ2v) is 21.3. The first kappa shape index (κ1) is 56.5. The van der Waals surface area contributed by atoms with Gasteiger partial charge in [-0.25, -0.2) is 19.2 Å². The summed E-state index contributed by atoms with van der Waals surface area (Å²) in [4.78, 5) is 66.7. The Hall–Kier alpha value is -3.81. The molecule has 3 rings (SSSR count). The van der Waals surface area contributed by atoms with E-state index < -0.39 is 138 Å². The zero-order valence-corrected chi connectivity index (χ0v) is 41.0. The van der Waals surface area contributed by atoms with Gasteiger partial charge in [-0.1, -0.05) is 0 Å². The Balaban J connectivity index is 2.07. The zero-order valence-electron chi connectivity index (χ0n) is 41.0. The van der Waals surface area contributed by atoms with Gasteiger partial charge >= 0.3 is 24.4 Å². The van der Waals surface area contributed by atoms with Crippen LogP contribution in [0.1, 0.15) is 116 Å². The summed E-state index contributed by atoms with van der Waals surface area (Å²) in [5.74, 6) is -0.971. The smallest absolute Gasteiger partial charge is 0.410 e. The SMILES string of the molecule is CN(C(=O)OC(C)(C)C)C1C(O)C(OC2C(NC(=O)C(O)CCNC(=O)OC(C)(C)C)CC(NC(=O)OC(C)(C)C)C(OC3OC(CN)CCC3NC(=O)OC(C)(C)C)C2O)OCC1(C)O. The van der Waals surface area contributed by atoms with E-state index in [1.54, 1.807) is 83.1 Å². The molecule has 3 fully saturated rings. The second-order valence-electron chi connectivity index (χ2n) is 21.3. The van der Waals surface area contributed by atoms with Crippen molar-refractivity contribution in [3.63, 3.8) is 0 Å². The van der Waals surface area contributed by atoms with Crippen LogP contribution in [0.5, 0.6) is 0 Å². The molecule has 0 aromatic rings. The molecular formula is C43H78N6O17. The van der Waals surface area contributed by atoms with Crippen LogP contribution in [0.3, 0.4) is 0 Å². The number of rotatable bonds is 13. The van der Waals surface area contributed by atoms with Crippen LogP contribution in [0.25, 0.3) is 0 Å². The van der Waals surface area contributed by atoms with Crippen molar-refractivity contribution in [2.24, 2.45) is 5.73 Å². The number of ether oxygens (including phenoxy) is 8. The van der Waals surface area contributed by atoms with Gasteiger partial charge in [0.1, 0.15) is 58.5 Å². The van der Waals surface area contributed by atoms with Gasteiger partial charge in [-0.05, 0) is 116 Å². The maximum Gasteiger partial charge on any atom is 0.410 e. The van der Waals surface area contributed by atoms with E-state index >= 15 is 0 Å². The van der Waals surface area contributed by atoms with E-state index in [2.05, 4.69) is 21.3 Å². The summed E-state index contributed by atoms with van der Waals surface area (Å²) in [7, 11) is 1.31. The molecular weight excluding hydrogens is 872 g/mol. The number of nitrogens with two attached hydrogens (primary N) is 1. The molecule has 3 aliphatic rings. The fraction of sp³-hybridized carbons (Fsp3) is 0.884. The molecule has 2 aliphatic heterocycles. The minimum Gasteiger partial charge on any atom is -0.444 e. The van der Waals surface area contributed by atoms with Crippen molar-refractivity contribution in [3.8, 4) is 0 Å². The number of nitrogens with zero attached hydrogens (tertiary/aromatic N) is 1. The lowest BCUT2D eigenvalue weighted by Crippen LogP contribution is -2.71. The third-order valence-electron chi connectivity index (χ3n) is 10.3. The number of carbonyl (C=O) groups excluding carboxylic acids is 5. The molecule has 0 aromatic heterocycles. The predicted octanol–water partition coefficient (Wildman–Crippen LogP) is 1.24. The van der Waals surface area contributed by atoms with Crippen molar-refractivity contribution in [1.82, 2.24) is 26.2 Å². The second kappa shape index (κ2) is 22.5. The molecule has 2 saturated heterocycles. The highest BCUT2D eigenvalue weighted by Crippen LogP contribution is 2.35. The highest BCUT2D eigenvalue weighted by Gasteiger charge is 2.55. The molecule has 0 aromatic carbocycles. The summed E-state index contributed by atoms with van der Waals surface area (Å²) in [6.07, 6.45) is -15.3. The minimum atomic E-state index is -1.86. The molecule has 23 nitrogen and oxygen atoms in total. The van der Waals surface area contributed by atoms with Crippen molar-refractivity contribution in [1.29, 1.82) is 0 Å². The zero-order chi connectivity index (χ0) is 50.3. The van der Waals surface area contributed by atoms with Crippen LogP contribution in [0.15, 0.2) is 0 Å². The molecule has 23 heteroatoms. The Morgan fingerprint density at radius 3 is 1.73 bits per heavy atom. The summed E-state index contributed by atoms with van der Waals surface area (Å²) < 4.78 is 46.6. The fourth-order valence-corrected chi connectivity index (χ4v) is 7.56. The van der Waals surface area contributed by atoms with E-state index in [0.717, 1.165) is 4.90 Å². The van der Waals surface area contributed by atoms with Crippen LogP contribution in [-0.2, 0) is 42.7 Å². The molecule has 13 unspecified atom stereocenters. The molecule has 13 atom stereocenters. The number of hydrogen-bond acceptors (Lipinski definition) is 18. The van der Waals surface area contributed by atoms with E-state index in [9.17, 15) is 44.4 Å². The fourth-order valence-electron chi connectivity index (χ4n) is 7.56. The number of alkyl carbamates (subject to hydrolysis) is 3. The van der Waals surface area contributed by atoms with E-state index in [0.29, 0.717) is 12.8 Å². The first-order chi connectivity index (χ1) is 30.1. The van der Waals surface area contributed by atoms with E-state index in [1.807, 2.05) is 0 Å². The first-order valence-corrected chi connectivity index (χ1v) is 22.4. The summed E-state index contributed by atoms with van der Waals surface area (Å²) in [5, 5.41) is 57.3. The maximum absolute atomic E-state index is 13.7. The predicted molar refractivity (Wildman–Crippen MR) is 235 cm³/mol. The molecule has 0 radical (unpaired) electrons. The molecule has 382 valence electrons. The van der Waals surface area contributed by atoms with E-state index in [4.69, 9.17) is 43.6 Å². The monoisotopic (exact) mass is 951 g/mol. The Morgan fingerprint density at radius 1 is 0.727 bits per heavy atom. The first-order valence-electron chi connectivity index (χ1n) is 22.4. The molecule has 2 heterocycles. The van der Waals surface area contributed by atoms with E-state index in [1.165, 1.54) is 14.0 Å². The van der Waals surface area contributed by atoms with Gasteiger partial charge in [-0.15, -0.1) is 0 Å². The topological polar surface area (TPSA) is 317 Å². The number of aliphatic hydroxyl groups is 4. The van der Waals surface area contributed by atoms with Crippen LogP contribution in [0.2, 0.25) is 0 Å². The standard InChI is InChI=1S/C43H78N6O17/c1-39(2,3)63-35(54)45-18-17-26(50)32(53)46-24-19-25(48-37(56)65-41(7,8)9)30(61-33-23(16-15-22(20-44)60-33)47-36(55)64-40(4,5)6)27(51)29(24)62-34-28(52)31(43(13,58)21-59-34)49(14)38(57)66-42(10,11)12/h22-31,33-34,50-52,58H,15-21,44H2,1-14H3,(H,45,54)(H,46,53)(H,47,55)(H,48,56). The average Bonchev–Trinajstić information content (AvgIpc) is 3.12. The number of hydrogen-bond donors (Lipinski definition) is 9. The minimum absolute atomic E-state index is 0.0703. The lowest BCUT2D eigenvalue weighted by molar-refractivity contribution is -0.314. The van der Waals surface area contributed by atoms with Gasteiger partial charge in [0.15, 0.2) is 12.6 Å². The number of nitrogens with one attached hydrogen (secondary N) is 4. The summed E-state index contributed by atoms with van der Waals surface area (Å²) in [6, 6.07) is -4.82. The van der Waals surface area contributed by atoms with Gasteiger partial charge in [-0.2, -0.15) is 0 Å². The van der Waals surface area contributed by atoms with Gasteiger partial charge < -0.3 is 90.2 Å². The maximum atomic E-state index is 13.7. The quantitative estimate of drug-likeness (QED) is 0.117. The van der Waals surface area contributed by atoms with Crippen molar-refractivity contribution >= 4 is 30.3 Å². The van der Waals surface area contributed by atoms with Gasteiger partial charge in [-0.3, -0.25) is 4.79 Å². The van der Waals surface area contributed by atoms with E-state index in [-0.39, 0.29) is 25.9 Å². The lowest BCUT2D eigenvalue weighted by atomic mass is 9.82. The van der Waals surface area contributed by atoms with Crippen molar-refractivity contribution in [2.45, 2.75) is 217 Å². The number of aliphatic hydroxyl groups excluding tert-OH is 3. The van der Waals surface area contributed by atoms with Crippen LogP contribution < -0.4 is 27.0 Å². The Bertz CT molecular complexity index is 1640. The number of amides is 5. The molecule has 66 heavy (non-hydrogen) atoms. The Kier molecular flexibility index (Phi) is 19.3. The third-order valence-corrected chi connectivity index (χ3v) is 10.3. The van der Waals surface area contributed by atoms with Crippen LogP contribution in [-0.4, -0.2) is 184 Å². The van der Waals surface area contributed by atoms with Crippen LogP contribution >= 0.6 is 0 Å². The Morgan fingerprint density at radius 2 is 1.21 bits per heavy atom. The number of likely N-dealkylation sites (N-methyl/N-ethyl adjacent to an activating group) is 1. The normalized spacial score (nSPS) is 31.3. The molecule has 10 N–H and O–H groups in total. The molecule has 0 bridgehead atoms. The van der Waals surface area contributed by atoms with Crippen molar-refractivity contribution < 1.29 is 82.3 Å². The molecule has 1 aliphatic carbocycles. The highest BCUT2D eigenvalue weighted by molar-refractivity contribution is 5.81. The molecule has 5 amide bonds. The average molecular weight is 951 g/mol. The van der Waals surface area contributed by atoms with Gasteiger partial charge in [0, 0.05) is 20.1 Å². The van der Waals surface area contributed by atoms with Gasteiger partial charge in [0.25, 0.3) is 0 Å². The Labute approximate surface area is 387 Å². The lowest BCUT2D eigenvalue weighted by Gasteiger charge is -2.51. The van der Waals surface area contributed by atoms with Gasteiger partial charge in [0.05, 0.1) is 36.9 Å². The van der Waals surface area contributed by atoms with Crippen LogP contribution in [0, 0.1) is 0 Å².